The Morgan fingerprint density at radius 3 is 3.00 bits per heavy atom. The molecule has 1 saturated carbocycles. The van der Waals surface area contributed by atoms with E-state index in [2.05, 4.69) is 0 Å². The molecular weight excluding hydrogens is 241 g/mol. The lowest BCUT2D eigenvalue weighted by atomic mass is 9.78. The van der Waals surface area contributed by atoms with Crippen molar-refractivity contribution < 1.29 is 9.50 Å². The lowest BCUT2D eigenvalue weighted by molar-refractivity contribution is -0.00256. The molecule has 2 unspecified atom stereocenters. The van der Waals surface area contributed by atoms with Crippen molar-refractivity contribution in [2.75, 3.05) is 0 Å². The Morgan fingerprint density at radius 1 is 1.53 bits per heavy atom. The SMILES string of the molecule is NC1CCCC(O)(Cc2cccc(Cl)c2F)C1. The molecule has 2 rings (SSSR count). The molecule has 94 valence electrons. The molecule has 17 heavy (non-hydrogen) atoms. The van der Waals surface area contributed by atoms with Crippen LogP contribution in [0.2, 0.25) is 5.02 Å². The first-order chi connectivity index (χ1) is 8.00. The molecule has 0 aliphatic heterocycles. The van der Waals surface area contributed by atoms with Crippen LogP contribution in [-0.2, 0) is 6.42 Å². The van der Waals surface area contributed by atoms with Crippen molar-refractivity contribution in [3.05, 3.63) is 34.6 Å². The number of halogens is 2. The van der Waals surface area contributed by atoms with Gasteiger partial charge in [0.25, 0.3) is 0 Å². The van der Waals surface area contributed by atoms with Gasteiger partial charge in [-0.05, 0) is 37.3 Å². The first-order valence-corrected chi connectivity index (χ1v) is 6.29. The Kier molecular flexibility index (Phi) is 3.71. The monoisotopic (exact) mass is 257 g/mol. The highest BCUT2D eigenvalue weighted by molar-refractivity contribution is 6.30. The van der Waals surface area contributed by atoms with Gasteiger partial charge in [-0.3, -0.25) is 0 Å². The van der Waals surface area contributed by atoms with Crippen molar-refractivity contribution in [2.24, 2.45) is 5.73 Å². The molecule has 1 aromatic carbocycles. The Bertz CT molecular complexity index is 412. The second kappa shape index (κ2) is 4.92. The summed E-state index contributed by atoms with van der Waals surface area (Å²) in [6.45, 7) is 0. The number of nitrogens with two attached hydrogens (primary N) is 1. The third-order valence-corrected chi connectivity index (χ3v) is 3.70. The first-order valence-electron chi connectivity index (χ1n) is 5.91. The molecule has 2 atom stereocenters. The van der Waals surface area contributed by atoms with Crippen molar-refractivity contribution in [1.82, 2.24) is 0 Å². The van der Waals surface area contributed by atoms with Crippen LogP contribution in [0.5, 0.6) is 0 Å². The molecule has 0 radical (unpaired) electrons. The van der Waals surface area contributed by atoms with Gasteiger partial charge in [-0.2, -0.15) is 0 Å². The maximum atomic E-state index is 13.7. The fourth-order valence-electron chi connectivity index (χ4n) is 2.59. The van der Waals surface area contributed by atoms with Crippen LogP contribution in [-0.4, -0.2) is 16.7 Å². The standard InChI is InChI=1S/C13H17ClFNO/c14-11-5-1-3-9(12(11)15)7-13(17)6-2-4-10(16)8-13/h1,3,5,10,17H,2,4,6-8,16H2. The largest absolute Gasteiger partial charge is 0.389 e. The van der Waals surface area contributed by atoms with E-state index in [1.807, 2.05) is 0 Å². The lowest BCUT2D eigenvalue weighted by Gasteiger charge is -2.35. The molecule has 0 amide bonds. The molecule has 2 nitrogen and oxygen atoms in total. The molecule has 3 N–H and O–H groups in total. The summed E-state index contributed by atoms with van der Waals surface area (Å²) in [5.74, 6) is -0.429. The minimum atomic E-state index is -0.886. The van der Waals surface area contributed by atoms with Crippen LogP contribution in [0, 0.1) is 5.82 Å². The van der Waals surface area contributed by atoms with Crippen molar-refractivity contribution in [3.63, 3.8) is 0 Å². The van der Waals surface area contributed by atoms with Crippen LogP contribution < -0.4 is 5.73 Å². The zero-order valence-electron chi connectivity index (χ0n) is 9.63. The lowest BCUT2D eigenvalue weighted by Crippen LogP contribution is -2.42. The van der Waals surface area contributed by atoms with Gasteiger partial charge in [0.2, 0.25) is 0 Å². The molecule has 0 bridgehead atoms. The predicted molar refractivity (Wildman–Crippen MR) is 66.5 cm³/mol. The molecule has 1 fully saturated rings. The summed E-state index contributed by atoms with van der Waals surface area (Å²) in [5, 5.41) is 10.5. The van der Waals surface area contributed by atoms with Crippen LogP contribution in [0.25, 0.3) is 0 Å². The number of benzene rings is 1. The molecule has 0 spiro atoms. The van der Waals surface area contributed by atoms with Crippen molar-refractivity contribution in [3.8, 4) is 0 Å². The highest BCUT2D eigenvalue weighted by Crippen LogP contribution is 2.32. The zero-order valence-corrected chi connectivity index (χ0v) is 10.4. The zero-order chi connectivity index (χ0) is 12.5. The summed E-state index contributed by atoms with van der Waals surface area (Å²) in [6.07, 6.45) is 3.30. The molecule has 1 aromatic rings. The smallest absolute Gasteiger partial charge is 0.145 e. The van der Waals surface area contributed by atoms with E-state index in [0.29, 0.717) is 18.4 Å². The van der Waals surface area contributed by atoms with E-state index in [4.69, 9.17) is 17.3 Å². The highest BCUT2D eigenvalue weighted by atomic mass is 35.5. The van der Waals surface area contributed by atoms with Crippen molar-refractivity contribution in [1.29, 1.82) is 0 Å². The van der Waals surface area contributed by atoms with Crippen LogP contribution in [0.4, 0.5) is 4.39 Å². The summed E-state index contributed by atoms with van der Waals surface area (Å²) < 4.78 is 13.7. The average molecular weight is 258 g/mol. The fourth-order valence-corrected chi connectivity index (χ4v) is 2.78. The van der Waals surface area contributed by atoms with Gasteiger partial charge in [0.05, 0.1) is 10.6 Å². The minimum Gasteiger partial charge on any atom is -0.389 e. The average Bonchev–Trinajstić information content (AvgIpc) is 2.24. The highest BCUT2D eigenvalue weighted by Gasteiger charge is 2.33. The van der Waals surface area contributed by atoms with Gasteiger partial charge >= 0.3 is 0 Å². The number of rotatable bonds is 2. The van der Waals surface area contributed by atoms with Crippen LogP contribution in [0.1, 0.15) is 31.2 Å². The molecule has 4 heteroatoms. The van der Waals surface area contributed by atoms with E-state index < -0.39 is 11.4 Å². The van der Waals surface area contributed by atoms with Gasteiger partial charge in [0.1, 0.15) is 5.82 Å². The molecule has 0 heterocycles. The van der Waals surface area contributed by atoms with Gasteiger partial charge in [-0.25, -0.2) is 4.39 Å². The summed E-state index contributed by atoms with van der Waals surface area (Å²) in [4.78, 5) is 0. The molecular formula is C13H17ClFNO. The van der Waals surface area contributed by atoms with E-state index in [0.717, 1.165) is 12.8 Å². The molecule has 1 aliphatic rings. The second-order valence-electron chi connectivity index (χ2n) is 4.97. The van der Waals surface area contributed by atoms with E-state index in [9.17, 15) is 9.50 Å². The van der Waals surface area contributed by atoms with E-state index >= 15 is 0 Å². The summed E-state index contributed by atoms with van der Waals surface area (Å²) in [5.41, 5.74) is 5.43. The third kappa shape index (κ3) is 2.97. The van der Waals surface area contributed by atoms with Gasteiger partial charge < -0.3 is 10.8 Å². The van der Waals surface area contributed by atoms with Gasteiger partial charge in [0, 0.05) is 12.5 Å². The first kappa shape index (κ1) is 12.8. The van der Waals surface area contributed by atoms with Gasteiger partial charge in [-0.15, -0.1) is 0 Å². The summed E-state index contributed by atoms with van der Waals surface area (Å²) >= 11 is 5.72. The molecule has 0 aromatic heterocycles. The van der Waals surface area contributed by atoms with Crippen LogP contribution in [0.3, 0.4) is 0 Å². The van der Waals surface area contributed by atoms with Gasteiger partial charge in [0.15, 0.2) is 0 Å². The Hall–Kier alpha value is -0.640. The maximum absolute atomic E-state index is 13.7. The Morgan fingerprint density at radius 2 is 2.29 bits per heavy atom. The topological polar surface area (TPSA) is 46.2 Å². The molecule has 1 aliphatic carbocycles. The summed E-state index contributed by atoms with van der Waals surface area (Å²) in [7, 11) is 0. The maximum Gasteiger partial charge on any atom is 0.145 e. The van der Waals surface area contributed by atoms with E-state index in [1.165, 1.54) is 6.07 Å². The number of hydrogen-bond donors (Lipinski definition) is 2. The van der Waals surface area contributed by atoms with Crippen molar-refractivity contribution in [2.45, 2.75) is 43.7 Å². The second-order valence-corrected chi connectivity index (χ2v) is 5.38. The van der Waals surface area contributed by atoms with Crippen LogP contribution in [0.15, 0.2) is 18.2 Å². The van der Waals surface area contributed by atoms with E-state index in [1.54, 1.807) is 12.1 Å². The summed E-state index contributed by atoms with van der Waals surface area (Å²) in [6, 6.07) is 4.89. The Balaban J connectivity index is 2.17. The quantitative estimate of drug-likeness (QED) is 0.856. The van der Waals surface area contributed by atoms with Crippen LogP contribution >= 0.6 is 11.6 Å². The number of hydrogen-bond acceptors (Lipinski definition) is 2. The number of aliphatic hydroxyl groups is 1. The fraction of sp³-hybridized carbons (Fsp3) is 0.538. The normalized spacial score (nSPS) is 29.3. The van der Waals surface area contributed by atoms with Gasteiger partial charge in [-0.1, -0.05) is 23.7 Å². The predicted octanol–water partition coefficient (Wildman–Crippen LogP) is 2.65. The molecule has 0 saturated heterocycles. The third-order valence-electron chi connectivity index (χ3n) is 3.41. The Labute approximate surface area is 106 Å². The minimum absolute atomic E-state index is 0.0102. The van der Waals surface area contributed by atoms with E-state index in [-0.39, 0.29) is 17.5 Å². The van der Waals surface area contributed by atoms with Crippen molar-refractivity contribution >= 4 is 11.6 Å².